The minimum Gasteiger partial charge on any atom is -0.446 e. The van der Waals surface area contributed by atoms with Gasteiger partial charge in [-0.2, -0.15) is 0 Å². The highest BCUT2D eigenvalue weighted by molar-refractivity contribution is 14.1. The van der Waals surface area contributed by atoms with E-state index in [0.717, 1.165) is 28.0 Å². The van der Waals surface area contributed by atoms with Crippen LogP contribution >= 0.6 is 38.5 Å². The standard InChI is InChI=1S/C12H13BrIN3O/c1-3-7-10(14)12(15-4-2)17-11(16-7)8-5-6-9(13)18-8/h5-6H,3-4H2,1-2H3,(H,15,16,17). The highest BCUT2D eigenvalue weighted by Gasteiger charge is 2.14. The van der Waals surface area contributed by atoms with E-state index < -0.39 is 0 Å². The number of hydrogen-bond acceptors (Lipinski definition) is 4. The lowest BCUT2D eigenvalue weighted by Crippen LogP contribution is -2.07. The van der Waals surface area contributed by atoms with Crippen LogP contribution in [0.2, 0.25) is 0 Å². The molecule has 0 saturated heterocycles. The van der Waals surface area contributed by atoms with E-state index in [1.54, 1.807) is 0 Å². The lowest BCUT2D eigenvalue weighted by Gasteiger charge is -2.10. The molecular formula is C12H13BrIN3O. The van der Waals surface area contributed by atoms with Crippen LogP contribution in [-0.2, 0) is 6.42 Å². The number of aryl methyl sites for hydroxylation is 1. The summed E-state index contributed by atoms with van der Waals surface area (Å²) in [5.41, 5.74) is 1.03. The van der Waals surface area contributed by atoms with E-state index in [4.69, 9.17) is 4.42 Å². The number of halogens is 2. The third kappa shape index (κ3) is 2.85. The van der Waals surface area contributed by atoms with Crippen LogP contribution in [0.15, 0.2) is 21.2 Å². The predicted molar refractivity (Wildman–Crippen MR) is 83.7 cm³/mol. The number of nitrogens with one attached hydrogen (secondary N) is 1. The first-order valence-corrected chi connectivity index (χ1v) is 7.58. The molecule has 6 heteroatoms. The van der Waals surface area contributed by atoms with Gasteiger partial charge in [-0.25, -0.2) is 9.97 Å². The molecule has 18 heavy (non-hydrogen) atoms. The van der Waals surface area contributed by atoms with Crippen LogP contribution < -0.4 is 5.32 Å². The Morgan fingerprint density at radius 3 is 2.67 bits per heavy atom. The van der Waals surface area contributed by atoms with Crippen LogP contribution in [0, 0.1) is 3.57 Å². The molecule has 0 aliphatic carbocycles. The Labute approximate surface area is 128 Å². The van der Waals surface area contributed by atoms with Crippen molar-refractivity contribution in [2.75, 3.05) is 11.9 Å². The van der Waals surface area contributed by atoms with Gasteiger partial charge in [0.1, 0.15) is 5.82 Å². The van der Waals surface area contributed by atoms with Gasteiger partial charge in [0.15, 0.2) is 16.3 Å². The molecule has 4 nitrogen and oxygen atoms in total. The zero-order chi connectivity index (χ0) is 13.1. The average molecular weight is 422 g/mol. The fourth-order valence-electron chi connectivity index (χ4n) is 1.56. The summed E-state index contributed by atoms with van der Waals surface area (Å²) in [5.74, 6) is 2.16. The molecular weight excluding hydrogens is 409 g/mol. The Bertz CT molecular complexity index is 556. The predicted octanol–water partition coefficient (Wildman–Crippen LogP) is 4.10. The molecule has 96 valence electrons. The van der Waals surface area contributed by atoms with Crippen LogP contribution in [0.25, 0.3) is 11.6 Å². The lowest BCUT2D eigenvalue weighted by atomic mass is 10.3. The van der Waals surface area contributed by atoms with Crippen molar-refractivity contribution in [2.24, 2.45) is 0 Å². The van der Waals surface area contributed by atoms with E-state index in [-0.39, 0.29) is 0 Å². The summed E-state index contributed by atoms with van der Waals surface area (Å²) in [7, 11) is 0. The van der Waals surface area contributed by atoms with Gasteiger partial charge in [0.2, 0.25) is 0 Å². The Morgan fingerprint density at radius 1 is 1.33 bits per heavy atom. The van der Waals surface area contributed by atoms with Crippen molar-refractivity contribution in [1.29, 1.82) is 0 Å². The summed E-state index contributed by atoms with van der Waals surface area (Å²) in [6.45, 7) is 4.96. The molecule has 0 bridgehead atoms. The average Bonchev–Trinajstić information content (AvgIpc) is 2.79. The summed E-state index contributed by atoms with van der Waals surface area (Å²) in [6, 6.07) is 3.71. The van der Waals surface area contributed by atoms with E-state index in [9.17, 15) is 0 Å². The van der Waals surface area contributed by atoms with Gasteiger partial charge in [0.05, 0.1) is 9.26 Å². The van der Waals surface area contributed by atoms with Crippen molar-refractivity contribution in [3.63, 3.8) is 0 Å². The molecule has 0 saturated carbocycles. The number of furan rings is 1. The molecule has 0 aliphatic heterocycles. The number of nitrogens with zero attached hydrogens (tertiary/aromatic N) is 2. The number of hydrogen-bond donors (Lipinski definition) is 1. The van der Waals surface area contributed by atoms with Crippen LogP contribution in [0.4, 0.5) is 5.82 Å². The molecule has 2 aromatic rings. The van der Waals surface area contributed by atoms with E-state index >= 15 is 0 Å². The van der Waals surface area contributed by atoms with Gasteiger partial charge in [0, 0.05) is 6.54 Å². The largest absolute Gasteiger partial charge is 0.446 e. The maximum Gasteiger partial charge on any atom is 0.197 e. The first kappa shape index (κ1) is 13.8. The van der Waals surface area contributed by atoms with Gasteiger partial charge in [-0.15, -0.1) is 0 Å². The number of aromatic nitrogens is 2. The third-order valence-corrected chi connectivity index (χ3v) is 3.95. The second kappa shape index (κ2) is 6.01. The minimum atomic E-state index is 0.619. The quantitative estimate of drug-likeness (QED) is 0.755. The maximum absolute atomic E-state index is 5.50. The molecule has 1 N–H and O–H groups in total. The molecule has 0 spiro atoms. The molecule has 0 radical (unpaired) electrons. The number of anilines is 1. The molecule has 2 aromatic heterocycles. The second-order valence-corrected chi connectivity index (χ2v) is 5.50. The smallest absolute Gasteiger partial charge is 0.197 e. The highest BCUT2D eigenvalue weighted by atomic mass is 127. The van der Waals surface area contributed by atoms with Gasteiger partial charge in [-0.1, -0.05) is 6.92 Å². The Hall–Kier alpha value is -0.630. The highest BCUT2D eigenvalue weighted by Crippen LogP contribution is 2.27. The van der Waals surface area contributed by atoms with Crippen molar-refractivity contribution >= 4 is 44.3 Å². The summed E-state index contributed by atoms with van der Waals surface area (Å²) < 4.78 is 7.26. The summed E-state index contributed by atoms with van der Waals surface area (Å²) in [6.07, 6.45) is 0.869. The van der Waals surface area contributed by atoms with E-state index in [1.807, 2.05) is 19.1 Å². The Morgan fingerprint density at radius 2 is 2.11 bits per heavy atom. The van der Waals surface area contributed by atoms with E-state index in [0.29, 0.717) is 16.3 Å². The molecule has 0 amide bonds. The van der Waals surface area contributed by atoms with Gasteiger partial charge in [-0.05, 0) is 64.0 Å². The first-order chi connectivity index (χ1) is 8.65. The van der Waals surface area contributed by atoms with Gasteiger partial charge in [-0.3, -0.25) is 0 Å². The third-order valence-electron chi connectivity index (χ3n) is 2.39. The summed E-state index contributed by atoms with van der Waals surface area (Å²) in [4.78, 5) is 9.05. The Balaban J connectivity index is 2.51. The molecule has 0 atom stereocenters. The zero-order valence-electron chi connectivity index (χ0n) is 10.1. The molecule has 0 aromatic carbocycles. The van der Waals surface area contributed by atoms with Gasteiger partial charge < -0.3 is 9.73 Å². The van der Waals surface area contributed by atoms with Crippen LogP contribution in [0.5, 0.6) is 0 Å². The SMILES string of the molecule is CCNc1nc(-c2ccc(Br)o2)nc(CC)c1I. The minimum absolute atomic E-state index is 0.619. The van der Waals surface area contributed by atoms with Crippen molar-refractivity contribution < 1.29 is 4.42 Å². The van der Waals surface area contributed by atoms with Crippen molar-refractivity contribution in [1.82, 2.24) is 9.97 Å². The van der Waals surface area contributed by atoms with Crippen molar-refractivity contribution in [3.8, 4) is 11.6 Å². The van der Waals surface area contributed by atoms with Gasteiger partial charge >= 0.3 is 0 Å². The maximum atomic E-state index is 5.50. The second-order valence-electron chi connectivity index (χ2n) is 3.64. The van der Waals surface area contributed by atoms with E-state index in [1.165, 1.54) is 0 Å². The number of rotatable bonds is 4. The lowest BCUT2D eigenvalue weighted by molar-refractivity contribution is 0.551. The summed E-state index contributed by atoms with van der Waals surface area (Å²) >= 11 is 5.57. The van der Waals surface area contributed by atoms with Crippen LogP contribution in [-0.4, -0.2) is 16.5 Å². The van der Waals surface area contributed by atoms with Crippen LogP contribution in [0.1, 0.15) is 19.5 Å². The van der Waals surface area contributed by atoms with Crippen molar-refractivity contribution in [3.05, 3.63) is 26.1 Å². The molecule has 0 aliphatic rings. The Kier molecular flexibility index (Phi) is 4.60. The van der Waals surface area contributed by atoms with Crippen molar-refractivity contribution in [2.45, 2.75) is 20.3 Å². The molecule has 2 rings (SSSR count). The topological polar surface area (TPSA) is 51.0 Å². The van der Waals surface area contributed by atoms with E-state index in [2.05, 4.69) is 60.7 Å². The normalized spacial score (nSPS) is 10.7. The fraction of sp³-hybridized carbons (Fsp3) is 0.333. The van der Waals surface area contributed by atoms with Crippen LogP contribution in [0.3, 0.4) is 0 Å². The monoisotopic (exact) mass is 421 g/mol. The molecule has 0 unspecified atom stereocenters. The molecule has 0 fully saturated rings. The first-order valence-electron chi connectivity index (χ1n) is 5.71. The van der Waals surface area contributed by atoms with Gasteiger partial charge in [0.25, 0.3) is 0 Å². The summed E-state index contributed by atoms with van der Waals surface area (Å²) in [5, 5.41) is 3.26. The molecule has 2 heterocycles. The fourth-order valence-corrected chi connectivity index (χ4v) is 2.68. The zero-order valence-corrected chi connectivity index (χ0v) is 13.9.